The molecule has 3 nitrogen and oxygen atoms in total. The second kappa shape index (κ2) is 5.20. The molecule has 0 saturated heterocycles. The summed E-state index contributed by atoms with van der Waals surface area (Å²) < 4.78 is 0. The highest BCUT2D eigenvalue weighted by Gasteiger charge is 2.34. The first-order valence-electron chi connectivity index (χ1n) is 7.96. The lowest BCUT2D eigenvalue weighted by Crippen LogP contribution is -2.39. The minimum atomic E-state index is 0.0859. The number of hydrogen-bond acceptors (Lipinski definition) is 3. The number of hydrogen-bond donors (Lipinski definition) is 1. The standard InChI is InChI=1S/C17H19ClN2OS/c1-8-12-13(10-6-7-10)15(16(21)20-11-4-3-5-11)22-17(12)19-9(2)14(8)18/h10-11H,3-7H2,1-2H3,(H,20,21). The molecular weight excluding hydrogens is 316 g/mol. The summed E-state index contributed by atoms with van der Waals surface area (Å²) in [7, 11) is 0. The number of fused-ring (bicyclic) bond motifs is 1. The third-order valence-corrected chi connectivity index (χ3v) is 6.51. The van der Waals surface area contributed by atoms with E-state index in [9.17, 15) is 4.79 Å². The Bertz CT molecular complexity index is 775. The summed E-state index contributed by atoms with van der Waals surface area (Å²) >= 11 is 7.93. The van der Waals surface area contributed by atoms with Gasteiger partial charge in [0.15, 0.2) is 0 Å². The van der Waals surface area contributed by atoms with Crippen molar-refractivity contribution in [1.29, 1.82) is 0 Å². The molecule has 0 aliphatic heterocycles. The van der Waals surface area contributed by atoms with Crippen LogP contribution in [0.1, 0.15) is 64.5 Å². The highest BCUT2D eigenvalue weighted by molar-refractivity contribution is 7.20. The number of pyridine rings is 1. The monoisotopic (exact) mass is 334 g/mol. The molecule has 2 fully saturated rings. The Kier molecular flexibility index (Phi) is 3.42. The van der Waals surface area contributed by atoms with Crippen LogP contribution in [-0.4, -0.2) is 16.9 Å². The number of aryl methyl sites for hydroxylation is 2. The second-order valence-electron chi connectivity index (χ2n) is 6.54. The molecule has 1 N–H and O–H groups in total. The number of carbonyl (C=O) groups is 1. The first-order valence-corrected chi connectivity index (χ1v) is 9.15. The predicted molar refractivity (Wildman–Crippen MR) is 91.2 cm³/mol. The number of halogens is 1. The van der Waals surface area contributed by atoms with E-state index in [-0.39, 0.29) is 5.91 Å². The molecule has 0 spiro atoms. The van der Waals surface area contributed by atoms with Gasteiger partial charge in [-0.3, -0.25) is 4.79 Å². The molecule has 2 saturated carbocycles. The zero-order chi connectivity index (χ0) is 15.4. The van der Waals surface area contributed by atoms with Gasteiger partial charge in [-0.05, 0) is 63.0 Å². The summed E-state index contributed by atoms with van der Waals surface area (Å²) in [6.07, 6.45) is 5.78. The van der Waals surface area contributed by atoms with Crippen LogP contribution in [0.5, 0.6) is 0 Å². The fourth-order valence-electron chi connectivity index (χ4n) is 3.19. The number of thiophene rings is 1. The van der Waals surface area contributed by atoms with Crippen LogP contribution in [0.4, 0.5) is 0 Å². The highest BCUT2D eigenvalue weighted by atomic mass is 35.5. The maximum atomic E-state index is 12.7. The van der Waals surface area contributed by atoms with Crippen LogP contribution in [0, 0.1) is 13.8 Å². The number of amides is 1. The van der Waals surface area contributed by atoms with Gasteiger partial charge in [0.05, 0.1) is 15.6 Å². The average molecular weight is 335 g/mol. The van der Waals surface area contributed by atoms with E-state index in [1.165, 1.54) is 36.2 Å². The summed E-state index contributed by atoms with van der Waals surface area (Å²) in [5.41, 5.74) is 3.12. The number of rotatable bonds is 3. The summed E-state index contributed by atoms with van der Waals surface area (Å²) in [5.74, 6) is 0.595. The van der Waals surface area contributed by atoms with Gasteiger partial charge in [-0.25, -0.2) is 4.98 Å². The largest absolute Gasteiger partial charge is 0.349 e. The van der Waals surface area contributed by atoms with E-state index < -0.39 is 0 Å². The molecule has 2 aliphatic rings. The van der Waals surface area contributed by atoms with Crippen molar-refractivity contribution in [2.24, 2.45) is 0 Å². The van der Waals surface area contributed by atoms with Crippen LogP contribution >= 0.6 is 22.9 Å². The van der Waals surface area contributed by atoms with Gasteiger partial charge in [-0.2, -0.15) is 0 Å². The Labute approximate surface area is 139 Å². The van der Waals surface area contributed by atoms with E-state index in [0.29, 0.717) is 12.0 Å². The van der Waals surface area contributed by atoms with Crippen LogP contribution < -0.4 is 5.32 Å². The maximum absolute atomic E-state index is 12.7. The van der Waals surface area contributed by atoms with Crippen LogP contribution in [0.15, 0.2) is 0 Å². The highest BCUT2D eigenvalue weighted by Crippen LogP contribution is 2.49. The smallest absolute Gasteiger partial charge is 0.261 e. The van der Waals surface area contributed by atoms with Crippen molar-refractivity contribution in [3.63, 3.8) is 0 Å². The second-order valence-corrected chi connectivity index (χ2v) is 7.91. The topological polar surface area (TPSA) is 42.0 Å². The van der Waals surface area contributed by atoms with Gasteiger partial charge in [-0.15, -0.1) is 11.3 Å². The fourth-order valence-corrected chi connectivity index (χ4v) is 4.60. The summed E-state index contributed by atoms with van der Waals surface area (Å²) in [6.45, 7) is 3.98. The third kappa shape index (κ3) is 2.24. The minimum Gasteiger partial charge on any atom is -0.349 e. The molecule has 2 heterocycles. The van der Waals surface area contributed by atoms with Crippen LogP contribution in [0.3, 0.4) is 0 Å². The van der Waals surface area contributed by atoms with Crippen LogP contribution in [-0.2, 0) is 0 Å². The van der Waals surface area contributed by atoms with Crippen LogP contribution in [0.25, 0.3) is 10.2 Å². The molecule has 0 aromatic carbocycles. The van der Waals surface area contributed by atoms with Gasteiger partial charge in [0.2, 0.25) is 0 Å². The molecule has 4 rings (SSSR count). The van der Waals surface area contributed by atoms with Crippen LogP contribution in [0.2, 0.25) is 5.02 Å². The molecule has 0 radical (unpaired) electrons. The predicted octanol–water partition coefficient (Wildman–Crippen LogP) is 4.73. The molecule has 0 atom stereocenters. The molecule has 2 aliphatic carbocycles. The molecule has 116 valence electrons. The zero-order valence-corrected chi connectivity index (χ0v) is 14.4. The normalized spacial score (nSPS) is 18.5. The van der Waals surface area contributed by atoms with E-state index in [4.69, 9.17) is 11.6 Å². The molecule has 2 aromatic rings. The summed E-state index contributed by atoms with van der Waals surface area (Å²) in [6, 6.07) is 0.365. The quantitative estimate of drug-likeness (QED) is 0.882. The maximum Gasteiger partial charge on any atom is 0.261 e. The van der Waals surface area contributed by atoms with Crippen molar-refractivity contribution in [3.8, 4) is 0 Å². The molecule has 0 unspecified atom stereocenters. The molecular formula is C17H19ClN2OS. The van der Waals surface area contributed by atoms with Crippen molar-refractivity contribution in [2.45, 2.75) is 57.9 Å². The Hall–Kier alpha value is -1.13. The number of carbonyl (C=O) groups excluding carboxylic acids is 1. The van der Waals surface area contributed by atoms with Crippen molar-refractivity contribution in [3.05, 3.63) is 26.7 Å². The first-order chi connectivity index (χ1) is 10.6. The summed E-state index contributed by atoms with van der Waals surface area (Å²) in [4.78, 5) is 19.1. The lowest BCUT2D eigenvalue weighted by Gasteiger charge is -2.26. The van der Waals surface area contributed by atoms with Gasteiger partial charge < -0.3 is 5.32 Å². The van der Waals surface area contributed by atoms with Crippen molar-refractivity contribution >= 4 is 39.1 Å². The van der Waals surface area contributed by atoms with E-state index in [1.54, 1.807) is 0 Å². The average Bonchev–Trinajstić information content (AvgIpc) is 3.21. The van der Waals surface area contributed by atoms with Crippen molar-refractivity contribution in [2.75, 3.05) is 0 Å². The number of aromatic nitrogens is 1. The molecule has 1 amide bonds. The first kappa shape index (κ1) is 14.5. The zero-order valence-electron chi connectivity index (χ0n) is 12.8. The molecule has 5 heteroatoms. The number of nitrogens with zero attached hydrogens (tertiary/aromatic N) is 1. The Morgan fingerprint density at radius 3 is 2.59 bits per heavy atom. The van der Waals surface area contributed by atoms with E-state index >= 15 is 0 Å². The lowest BCUT2D eigenvalue weighted by atomic mass is 9.93. The van der Waals surface area contributed by atoms with E-state index in [1.807, 2.05) is 13.8 Å². The van der Waals surface area contributed by atoms with Gasteiger partial charge >= 0.3 is 0 Å². The fraction of sp³-hybridized carbons (Fsp3) is 0.529. The Morgan fingerprint density at radius 1 is 1.27 bits per heavy atom. The SMILES string of the molecule is Cc1nc2sc(C(=O)NC3CCC3)c(C3CC3)c2c(C)c1Cl. The van der Waals surface area contributed by atoms with Gasteiger partial charge in [0.1, 0.15) is 4.83 Å². The Morgan fingerprint density at radius 2 is 2.00 bits per heavy atom. The summed E-state index contributed by atoms with van der Waals surface area (Å²) in [5, 5.41) is 5.04. The van der Waals surface area contributed by atoms with Crippen molar-refractivity contribution in [1.82, 2.24) is 10.3 Å². The van der Waals surface area contributed by atoms with E-state index in [0.717, 1.165) is 44.2 Å². The lowest BCUT2D eigenvalue weighted by molar-refractivity contribution is 0.0920. The van der Waals surface area contributed by atoms with Gasteiger partial charge in [0.25, 0.3) is 5.91 Å². The van der Waals surface area contributed by atoms with E-state index in [2.05, 4.69) is 10.3 Å². The minimum absolute atomic E-state index is 0.0859. The molecule has 22 heavy (non-hydrogen) atoms. The number of nitrogens with one attached hydrogen (secondary N) is 1. The Balaban J connectivity index is 1.85. The molecule has 2 aromatic heterocycles. The van der Waals surface area contributed by atoms with Gasteiger partial charge in [-0.1, -0.05) is 11.6 Å². The third-order valence-electron chi connectivity index (χ3n) is 4.85. The molecule has 0 bridgehead atoms. The van der Waals surface area contributed by atoms with Gasteiger partial charge in [0, 0.05) is 11.4 Å². The van der Waals surface area contributed by atoms with Crippen molar-refractivity contribution < 1.29 is 4.79 Å².